The Balaban J connectivity index is 1.58. The van der Waals surface area contributed by atoms with Gasteiger partial charge in [0.1, 0.15) is 0 Å². The Morgan fingerprint density at radius 3 is 2.65 bits per heavy atom. The Morgan fingerprint density at radius 1 is 1.23 bits per heavy atom. The summed E-state index contributed by atoms with van der Waals surface area (Å²) in [5, 5.41) is 4.82. The number of benzene rings is 1. The van der Waals surface area contributed by atoms with E-state index in [1.807, 2.05) is 23.0 Å². The minimum absolute atomic E-state index is 0.475. The van der Waals surface area contributed by atoms with Crippen molar-refractivity contribution in [2.45, 2.75) is 32.1 Å². The van der Waals surface area contributed by atoms with Gasteiger partial charge in [0.25, 0.3) is 0 Å². The number of nitrogens with zero attached hydrogens (tertiary/aromatic N) is 5. The maximum absolute atomic E-state index is 5.74. The Kier molecular flexibility index (Phi) is 5.02. The summed E-state index contributed by atoms with van der Waals surface area (Å²) < 4.78 is 6.00. The lowest BCUT2D eigenvalue weighted by atomic mass is 10.2. The molecule has 1 aliphatic carbocycles. The molecule has 2 aromatic heterocycles. The topological polar surface area (TPSA) is 38.9 Å². The van der Waals surface area contributed by atoms with Crippen molar-refractivity contribution in [3.8, 4) is 11.4 Å². The highest BCUT2D eigenvalue weighted by atomic mass is 79.9. The molecule has 26 heavy (non-hydrogen) atoms. The number of halogens is 1. The predicted octanol–water partition coefficient (Wildman–Crippen LogP) is 4.66. The molecule has 1 saturated carbocycles. The van der Waals surface area contributed by atoms with Crippen LogP contribution in [0, 0.1) is 4.77 Å². The molecule has 0 unspecified atom stereocenters. The molecule has 1 fully saturated rings. The van der Waals surface area contributed by atoms with E-state index in [1.54, 1.807) is 6.20 Å². The average Bonchev–Trinajstić information content (AvgIpc) is 3.43. The third-order valence-corrected chi connectivity index (χ3v) is 5.38. The van der Waals surface area contributed by atoms with E-state index in [2.05, 4.69) is 61.7 Å². The van der Waals surface area contributed by atoms with Gasteiger partial charge in [0.15, 0.2) is 10.6 Å². The van der Waals surface area contributed by atoms with Crippen LogP contribution in [0.5, 0.6) is 0 Å². The van der Waals surface area contributed by atoms with E-state index in [0.717, 1.165) is 27.2 Å². The van der Waals surface area contributed by atoms with Gasteiger partial charge in [-0.05, 0) is 61.9 Å². The summed E-state index contributed by atoms with van der Waals surface area (Å²) in [6.45, 7) is 1.50. The minimum atomic E-state index is 0.475. The van der Waals surface area contributed by atoms with Gasteiger partial charge in [-0.15, -0.1) is 0 Å². The van der Waals surface area contributed by atoms with Crippen LogP contribution in [0.2, 0.25) is 0 Å². The van der Waals surface area contributed by atoms with E-state index in [4.69, 9.17) is 17.3 Å². The number of pyridine rings is 1. The molecule has 0 bridgehead atoms. The van der Waals surface area contributed by atoms with E-state index in [1.165, 1.54) is 18.4 Å². The van der Waals surface area contributed by atoms with Crippen LogP contribution in [-0.4, -0.2) is 31.3 Å². The molecule has 5 nitrogen and oxygen atoms in total. The lowest BCUT2D eigenvalue weighted by Crippen LogP contribution is -2.22. The minimum Gasteiger partial charge on any atom is -0.297 e. The molecular weight excluding hydrogens is 410 g/mol. The molecule has 0 atom stereocenters. The second kappa shape index (κ2) is 7.42. The van der Waals surface area contributed by atoms with Crippen molar-refractivity contribution in [3.05, 3.63) is 63.6 Å². The second-order valence-corrected chi connectivity index (χ2v) is 8.01. The van der Waals surface area contributed by atoms with Crippen molar-refractivity contribution in [1.82, 2.24) is 24.2 Å². The molecule has 1 aromatic carbocycles. The molecule has 0 spiro atoms. The van der Waals surface area contributed by atoms with Gasteiger partial charge in [-0.25, -0.2) is 4.68 Å². The molecule has 7 heteroatoms. The first-order valence-electron chi connectivity index (χ1n) is 8.64. The summed E-state index contributed by atoms with van der Waals surface area (Å²) in [4.78, 5) is 6.45. The summed E-state index contributed by atoms with van der Waals surface area (Å²) >= 11 is 9.22. The summed E-state index contributed by atoms with van der Waals surface area (Å²) in [6.07, 6.45) is 5.97. The molecule has 0 saturated heterocycles. The van der Waals surface area contributed by atoms with Crippen LogP contribution >= 0.6 is 28.1 Å². The first-order valence-corrected chi connectivity index (χ1v) is 9.84. The fraction of sp³-hybridized carbons (Fsp3) is 0.316. The molecular formula is C19H20BrN5S. The first-order chi connectivity index (χ1) is 12.6. The third-order valence-electron chi connectivity index (χ3n) is 4.44. The number of hydrogen-bond acceptors (Lipinski definition) is 4. The molecule has 3 aromatic rings. The summed E-state index contributed by atoms with van der Waals surface area (Å²) in [5.41, 5.74) is 2.27. The number of rotatable bonds is 6. The smallest absolute Gasteiger partial charge is 0.199 e. The molecule has 1 aliphatic rings. The molecule has 0 aliphatic heterocycles. The van der Waals surface area contributed by atoms with Gasteiger partial charge in [0.2, 0.25) is 0 Å². The lowest BCUT2D eigenvalue weighted by molar-refractivity contribution is 0.244. The van der Waals surface area contributed by atoms with E-state index >= 15 is 0 Å². The fourth-order valence-corrected chi connectivity index (χ4v) is 3.64. The Hall–Kier alpha value is -1.83. The normalized spacial score (nSPS) is 14.1. The van der Waals surface area contributed by atoms with Crippen molar-refractivity contribution < 1.29 is 0 Å². The zero-order chi connectivity index (χ0) is 18.1. The SMILES string of the molecule is CN(Cc1ccc(Br)cc1)Cn1nc(-c2cccnc2)n(C2CC2)c1=S. The van der Waals surface area contributed by atoms with Gasteiger partial charge in [-0.1, -0.05) is 28.1 Å². The van der Waals surface area contributed by atoms with Crippen LogP contribution < -0.4 is 0 Å². The molecule has 0 N–H and O–H groups in total. The van der Waals surface area contributed by atoms with Crippen LogP contribution in [0.25, 0.3) is 11.4 Å². The molecule has 0 radical (unpaired) electrons. The summed E-state index contributed by atoms with van der Waals surface area (Å²) in [7, 11) is 2.09. The monoisotopic (exact) mass is 429 g/mol. The lowest BCUT2D eigenvalue weighted by Gasteiger charge is -2.16. The molecule has 0 amide bonds. The highest BCUT2D eigenvalue weighted by Gasteiger charge is 2.29. The summed E-state index contributed by atoms with van der Waals surface area (Å²) in [5.74, 6) is 0.919. The fourth-order valence-electron chi connectivity index (χ4n) is 3.05. The van der Waals surface area contributed by atoms with E-state index in [0.29, 0.717) is 12.7 Å². The van der Waals surface area contributed by atoms with E-state index < -0.39 is 0 Å². The third kappa shape index (κ3) is 3.79. The van der Waals surface area contributed by atoms with Crippen LogP contribution in [0.1, 0.15) is 24.4 Å². The van der Waals surface area contributed by atoms with Crippen molar-refractivity contribution in [2.24, 2.45) is 0 Å². The Bertz CT molecular complexity index is 944. The molecule has 134 valence electrons. The predicted molar refractivity (Wildman–Crippen MR) is 108 cm³/mol. The molecule has 4 rings (SSSR count). The van der Waals surface area contributed by atoms with Gasteiger partial charge >= 0.3 is 0 Å². The van der Waals surface area contributed by atoms with E-state index in [-0.39, 0.29) is 0 Å². The zero-order valence-corrected chi connectivity index (χ0v) is 16.9. The Labute approximate surface area is 166 Å². The number of hydrogen-bond donors (Lipinski definition) is 0. The van der Waals surface area contributed by atoms with Gasteiger partial charge in [-0.3, -0.25) is 14.5 Å². The first kappa shape index (κ1) is 17.6. The maximum Gasteiger partial charge on any atom is 0.199 e. The second-order valence-electron chi connectivity index (χ2n) is 6.73. The van der Waals surface area contributed by atoms with Gasteiger partial charge in [-0.2, -0.15) is 5.10 Å². The van der Waals surface area contributed by atoms with Crippen molar-refractivity contribution in [3.63, 3.8) is 0 Å². The standard InChI is InChI=1S/C19H20BrN5S/c1-23(12-14-4-6-16(20)7-5-14)13-24-19(26)25(17-8-9-17)18(22-24)15-3-2-10-21-11-15/h2-7,10-11,17H,8-9,12-13H2,1H3. The van der Waals surface area contributed by atoms with Crippen molar-refractivity contribution in [2.75, 3.05) is 7.05 Å². The number of aromatic nitrogens is 4. The van der Waals surface area contributed by atoms with E-state index in [9.17, 15) is 0 Å². The van der Waals surface area contributed by atoms with Gasteiger partial charge in [0, 0.05) is 35.0 Å². The van der Waals surface area contributed by atoms with Gasteiger partial charge < -0.3 is 0 Å². The van der Waals surface area contributed by atoms with Crippen LogP contribution in [0.15, 0.2) is 53.3 Å². The highest BCUT2D eigenvalue weighted by Crippen LogP contribution is 2.38. The quantitative estimate of drug-likeness (QED) is 0.533. The van der Waals surface area contributed by atoms with Crippen LogP contribution in [-0.2, 0) is 13.2 Å². The highest BCUT2D eigenvalue weighted by molar-refractivity contribution is 9.10. The average molecular weight is 430 g/mol. The maximum atomic E-state index is 5.74. The largest absolute Gasteiger partial charge is 0.297 e. The molecule has 2 heterocycles. The zero-order valence-electron chi connectivity index (χ0n) is 14.5. The summed E-state index contributed by atoms with van der Waals surface area (Å²) in [6, 6.07) is 12.8. The van der Waals surface area contributed by atoms with Crippen LogP contribution in [0.4, 0.5) is 0 Å². The van der Waals surface area contributed by atoms with Crippen molar-refractivity contribution in [1.29, 1.82) is 0 Å². The van der Waals surface area contributed by atoms with Crippen LogP contribution in [0.3, 0.4) is 0 Å². The van der Waals surface area contributed by atoms with Gasteiger partial charge in [0.05, 0.1) is 6.67 Å². The van der Waals surface area contributed by atoms with Crippen molar-refractivity contribution >= 4 is 28.1 Å². The Morgan fingerprint density at radius 2 is 2.00 bits per heavy atom.